The molecule has 4 aromatic rings. The van der Waals surface area contributed by atoms with Crippen LogP contribution in [-0.2, 0) is 31.3 Å². The fourth-order valence-electron chi connectivity index (χ4n) is 8.40. The number of hydrogen-bond donors (Lipinski definition) is 1. The topological polar surface area (TPSA) is 53.4 Å². The van der Waals surface area contributed by atoms with Gasteiger partial charge in [-0.3, -0.25) is 4.79 Å². The number of benzene rings is 3. The fraction of sp³-hybridized carbons (Fsp3) is 0.500. The molecule has 0 unspecified atom stereocenters. The van der Waals surface area contributed by atoms with Gasteiger partial charge in [0.25, 0.3) is 0 Å². The third kappa shape index (κ3) is 10.5. The fourth-order valence-corrected chi connectivity index (χ4v) is 8.40. The smallest absolute Gasteiger partial charge is 0.324 e. The number of rotatable bonds is 12. The van der Waals surface area contributed by atoms with Crippen molar-refractivity contribution in [3.8, 4) is 22.4 Å². The van der Waals surface area contributed by atoms with Crippen LogP contribution in [0.1, 0.15) is 155 Å². The Balaban J connectivity index is 0.000000425. The van der Waals surface area contributed by atoms with Gasteiger partial charge in [0, 0.05) is 48.9 Å². The van der Waals surface area contributed by atoms with E-state index in [0.29, 0.717) is 11.8 Å². The van der Waals surface area contributed by atoms with Gasteiger partial charge >= 0.3 is 6.85 Å². The Kier molecular flexibility index (Phi) is 16.6. The van der Waals surface area contributed by atoms with Gasteiger partial charge in [0.05, 0.1) is 0 Å². The van der Waals surface area contributed by atoms with E-state index in [1.807, 2.05) is 47.7 Å². The summed E-state index contributed by atoms with van der Waals surface area (Å²) in [5.74, 6) is 1.15. The molecule has 0 bridgehead atoms. The van der Waals surface area contributed by atoms with Crippen LogP contribution in [0.3, 0.4) is 0 Å². The molecule has 0 fully saturated rings. The van der Waals surface area contributed by atoms with E-state index in [2.05, 4.69) is 135 Å². The van der Waals surface area contributed by atoms with E-state index >= 15 is 0 Å². The molecule has 58 heavy (non-hydrogen) atoms. The van der Waals surface area contributed by atoms with Gasteiger partial charge in [-0.25, -0.2) is 0 Å². The summed E-state index contributed by atoms with van der Waals surface area (Å²) in [6.07, 6.45) is 7.75. The average molecular weight is 960 g/mol. The van der Waals surface area contributed by atoms with Crippen LogP contribution in [0.2, 0.25) is 0 Å². The van der Waals surface area contributed by atoms with Gasteiger partial charge < -0.3 is 14.9 Å². The van der Waals surface area contributed by atoms with E-state index in [-0.39, 0.29) is 54.7 Å². The Labute approximate surface area is 367 Å². The first kappa shape index (κ1) is 48.9. The molecule has 1 radical (unpaired) electrons. The number of allylic oxidation sites excluding steroid dienone is 2. The number of pyridine rings is 1. The normalized spacial score (nSPS) is 13.2. The molecule has 0 aliphatic carbocycles. The van der Waals surface area contributed by atoms with E-state index in [4.69, 9.17) is 4.98 Å². The zero-order valence-electron chi connectivity index (χ0n) is 38.7. The maximum absolute atomic E-state index is 12.2. The number of hydrogen-bond acceptors (Lipinski definition) is 4. The minimum Gasteiger partial charge on any atom is -0.512 e. The van der Waals surface area contributed by atoms with Crippen molar-refractivity contribution in [2.75, 3.05) is 11.9 Å². The van der Waals surface area contributed by atoms with Crippen LogP contribution in [0.4, 0.5) is 5.69 Å². The van der Waals surface area contributed by atoms with Crippen LogP contribution in [0.5, 0.6) is 0 Å². The second-order valence-corrected chi connectivity index (χ2v) is 19.0. The molecule has 4 nitrogen and oxygen atoms in total. The molecule has 0 spiro atoms. The number of aliphatic hydroxyl groups excluding tert-OH is 1. The van der Waals surface area contributed by atoms with Gasteiger partial charge in [-0.15, -0.1) is 34.9 Å². The van der Waals surface area contributed by atoms with Crippen LogP contribution >= 0.6 is 0 Å². The standard InChI is InChI=1S/C37H44BN2.C15H28O2.Ir/c1-23(2)29-14-12-15-30(24(3)4)35(29)38-34-27(22-37(7,8)9)13-11-16-31(34)33-32(40(38)10)17-18-39-36(33)28-20-25(5)19-26(6)21-28;1-7-14(5,8-2)12(16)11-13(17)15(6,9-3)10-4;/h11-20,23-24H,22H2,1-10H3;11,16H,7-10H2,1-6H3;/q-1;;/b;12-11-;. The second kappa shape index (κ2) is 19.7. The van der Waals surface area contributed by atoms with Crippen LogP contribution < -0.4 is 15.7 Å². The van der Waals surface area contributed by atoms with E-state index in [9.17, 15) is 9.90 Å². The summed E-state index contributed by atoms with van der Waals surface area (Å²) in [6.45, 7) is 32.9. The molecule has 315 valence electrons. The van der Waals surface area contributed by atoms with E-state index in [0.717, 1.165) is 48.9 Å². The number of aliphatic hydroxyl groups is 1. The molecule has 0 saturated carbocycles. The maximum Gasteiger partial charge on any atom is 0.324 e. The molecule has 1 N–H and O–H groups in total. The van der Waals surface area contributed by atoms with Crippen molar-refractivity contribution < 1.29 is 30.0 Å². The van der Waals surface area contributed by atoms with Crippen molar-refractivity contribution in [1.29, 1.82) is 0 Å². The van der Waals surface area contributed by atoms with Crippen molar-refractivity contribution in [3.63, 3.8) is 0 Å². The SMILES string of the molecule is CCC(C)(CC)C(=O)/C=C(\O)C(C)(CC)CC.Cc1[c-]c(-c2nccc3c2-c2cccc(CC(C)(C)C)c2B(c2c(C(C)C)cccc2C(C)C)N3C)cc(C)c1.[Ir]. The van der Waals surface area contributed by atoms with Crippen molar-refractivity contribution in [2.45, 2.75) is 148 Å². The number of carbonyl (C=O) groups is 1. The molecule has 6 heteroatoms. The number of nitrogens with zero attached hydrogens (tertiary/aromatic N) is 2. The Morgan fingerprint density at radius 2 is 1.38 bits per heavy atom. The first-order valence-electron chi connectivity index (χ1n) is 21.6. The van der Waals surface area contributed by atoms with Gasteiger partial charge in [0.1, 0.15) is 5.76 Å². The molecule has 5 rings (SSSR count). The van der Waals surface area contributed by atoms with Gasteiger partial charge in [-0.2, -0.15) is 0 Å². The maximum atomic E-state index is 12.2. The Hall–Kier alpha value is -3.47. The number of aryl methyl sites for hydroxylation is 2. The largest absolute Gasteiger partial charge is 0.512 e. The zero-order valence-corrected chi connectivity index (χ0v) is 41.1. The van der Waals surface area contributed by atoms with Gasteiger partial charge in [-0.1, -0.05) is 146 Å². The number of ketones is 1. The minimum atomic E-state index is -0.337. The number of aromatic nitrogens is 1. The molecule has 1 aliphatic heterocycles. The van der Waals surface area contributed by atoms with Gasteiger partial charge in [0.15, 0.2) is 5.78 Å². The van der Waals surface area contributed by atoms with Crippen molar-refractivity contribution in [1.82, 2.24) is 4.98 Å². The minimum absolute atomic E-state index is 0. The van der Waals surface area contributed by atoms with Crippen LogP contribution in [0.25, 0.3) is 22.4 Å². The number of anilines is 1. The molecule has 0 saturated heterocycles. The number of fused-ring (bicyclic) bond motifs is 3. The van der Waals surface area contributed by atoms with Crippen LogP contribution in [0, 0.1) is 36.2 Å². The van der Waals surface area contributed by atoms with Crippen molar-refractivity contribution in [2.24, 2.45) is 16.2 Å². The van der Waals surface area contributed by atoms with Crippen molar-refractivity contribution >= 4 is 29.2 Å². The summed E-state index contributed by atoms with van der Waals surface area (Å²) in [5, 5.41) is 10.1. The summed E-state index contributed by atoms with van der Waals surface area (Å²) in [5.41, 5.74) is 15.0. The summed E-state index contributed by atoms with van der Waals surface area (Å²) in [6, 6.07) is 24.2. The summed E-state index contributed by atoms with van der Waals surface area (Å²) in [4.78, 5) is 19.7. The first-order valence-corrected chi connectivity index (χ1v) is 21.6. The zero-order chi connectivity index (χ0) is 42.6. The summed E-state index contributed by atoms with van der Waals surface area (Å²) >= 11 is 0. The van der Waals surface area contributed by atoms with E-state index in [1.54, 1.807) is 0 Å². The van der Waals surface area contributed by atoms with Crippen LogP contribution in [0.15, 0.2) is 72.6 Å². The molecular weight excluding hydrogens is 888 g/mol. The van der Waals surface area contributed by atoms with Crippen LogP contribution in [-0.4, -0.2) is 29.8 Å². The second-order valence-electron chi connectivity index (χ2n) is 19.0. The summed E-state index contributed by atoms with van der Waals surface area (Å²) < 4.78 is 0. The van der Waals surface area contributed by atoms with E-state index in [1.165, 1.54) is 56.1 Å². The van der Waals surface area contributed by atoms with E-state index < -0.39 is 0 Å². The Morgan fingerprint density at radius 1 is 0.828 bits per heavy atom. The molecule has 0 amide bonds. The monoisotopic (exact) mass is 961 g/mol. The van der Waals surface area contributed by atoms with Crippen molar-refractivity contribution in [3.05, 3.63) is 107 Å². The Bertz CT molecular complexity index is 2020. The first-order chi connectivity index (χ1) is 26.7. The molecular formula is C52H72BIrN2O2-. The Morgan fingerprint density at radius 3 is 1.88 bits per heavy atom. The van der Waals surface area contributed by atoms with Gasteiger partial charge in [-0.05, 0) is 101 Å². The predicted octanol–water partition coefficient (Wildman–Crippen LogP) is 12.9. The molecule has 2 heterocycles. The molecule has 3 aromatic carbocycles. The molecule has 0 atom stereocenters. The molecule has 1 aliphatic rings. The third-order valence-electron chi connectivity index (χ3n) is 12.9. The summed E-state index contributed by atoms with van der Waals surface area (Å²) in [7, 11) is 2.29. The number of carbonyl (C=O) groups excluding carboxylic acids is 1. The third-order valence-corrected chi connectivity index (χ3v) is 12.9. The molecule has 1 aromatic heterocycles. The predicted molar refractivity (Wildman–Crippen MR) is 248 cm³/mol. The quantitative estimate of drug-likeness (QED) is 0.0665. The average Bonchev–Trinajstić information content (AvgIpc) is 3.16. The van der Waals surface area contributed by atoms with Gasteiger partial charge in [0.2, 0.25) is 0 Å².